The summed E-state index contributed by atoms with van der Waals surface area (Å²) in [6.07, 6.45) is 10.1. The molecular formula is C23H32O4. The Bertz CT molecular complexity index is 741. The van der Waals surface area contributed by atoms with Crippen molar-refractivity contribution in [2.24, 2.45) is 28.6 Å². The van der Waals surface area contributed by atoms with Gasteiger partial charge in [0.1, 0.15) is 12.2 Å². The molecular weight excluding hydrogens is 340 g/mol. The Balaban J connectivity index is 1.42. The summed E-state index contributed by atoms with van der Waals surface area (Å²) in [5, 5.41) is 0. The van der Waals surface area contributed by atoms with Gasteiger partial charge in [0.25, 0.3) is 0 Å². The Kier molecular flexibility index (Phi) is 3.62. The van der Waals surface area contributed by atoms with Crippen molar-refractivity contribution in [3.63, 3.8) is 0 Å². The number of fused-ring (bicyclic) bond motifs is 7. The molecule has 27 heavy (non-hydrogen) atoms. The van der Waals surface area contributed by atoms with Gasteiger partial charge in [-0.25, -0.2) is 0 Å². The number of epoxide rings is 1. The summed E-state index contributed by atoms with van der Waals surface area (Å²) in [5.74, 6) is 2.02. The number of ether oxygens (including phenoxy) is 2. The molecule has 4 nitrogen and oxygen atoms in total. The lowest BCUT2D eigenvalue weighted by Gasteiger charge is -2.57. The van der Waals surface area contributed by atoms with Crippen LogP contribution in [-0.2, 0) is 19.1 Å². The van der Waals surface area contributed by atoms with Crippen LogP contribution in [0.1, 0.15) is 72.6 Å². The molecule has 148 valence electrons. The third kappa shape index (κ3) is 2.25. The summed E-state index contributed by atoms with van der Waals surface area (Å²) >= 11 is 0. The second kappa shape index (κ2) is 5.46. The highest BCUT2D eigenvalue weighted by molar-refractivity contribution is 5.89. The van der Waals surface area contributed by atoms with Crippen LogP contribution in [0.3, 0.4) is 0 Å². The van der Waals surface area contributed by atoms with Crippen molar-refractivity contribution < 1.29 is 19.1 Å². The molecule has 1 aliphatic heterocycles. The first-order valence-electron chi connectivity index (χ1n) is 10.8. The first-order chi connectivity index (χ1) is 12.7. The Labute approximate surface area is 162 Å². The fourth-order valence-electron chi connectivity index (χ4n) is 7.76. The van der Waals surface area contributed by atoms with Gasteiger partial charge >= 0.3 is 5.97 Å². The van der Waals surface area contributed by atoms with E-state index in [2.05, 4.69) is 19.9 Å². The monoisotopic (exact) mass is 372 g/mol. The van der Waals surface area contributed by atoms with Crippen LogP contribution in [0.4, 0.5) is 0 Å². The summed E-state index contributed by atoms with van der Waals surface area (Å²) in [5.41, 5.74) is 1.47. The van der Waals surface area contributed by atoms with Crippen LogP contribution in [0.25, 0.3) is 0 Å². The topological polar surface area (TPSA) is 55.9 Å². The Morgan fingerprint density at radius 2 is 1.93 bits per heavy atom. The van der Waals surface area contributed by atoms with Gasteiger partial charge in [0.15, 0.2) is 11.4 Å². The molecule has 8 atom stereocenters. The summed E-state index contributed by atoms with van der Waals surface area (Å²) in [6, 6.07) is 0. The van der Waals surface area contributed by atoms with Crippen molar-refractivity contribution >= 4 is 11.8 Å². The van der Waals surface area contributed by atoms with Crippen molar-refractivity contribution in [1.82, 2.24) is 0 Å². The van der Waals surface area contributed by atoms with Crippen molar-refractivity contribution in [2.45, 2.75) is 90.4 Å². The average molecular weight is 373 g/mol. The van der Waals surface area contributed by atoms with Gasteiger partial charge in [-0.15, -0.1) is 0 Å². The van der Waals surface area contributed by atoms with Crippen LogP contribution in [0.5, 0.6) is 0 Å². The molecule has 4 fully saturated rings. The molecule has 6 unspecified atom stereocenters. The lowest BCUT2D eigenvalue weighted by atomic mass is 9.48. The molecule has 5 aliphatic rings. The standard InChI is InChI=1S/C23H32O4/c1-13(24)23-12-19-17-6-5-15-11-16(26-14(2)25)7-9-21(15,3)18(17)8-10-22(19,4)20(23)27-23/h5,16-20H,6-12H2,1-4H3/t16?,17?,18?,19?,20-,21?,22?,23-/m0/s1. The minimum absolute atomic E-state index is 0.0562. The molecule has 0 N–H and O–H groups in total. The molecule has 3 saturated carbocycles. The SMILES string of the molecule is CC(=O)OC1CCC2(C)C(=CCC3C2CCC2(C)C3C[C@@]3(C(C)=O)O[C@@H]23)C1. The highest BCUT2D eigenvalue weighted by Crippen LogP contribution is 2.72. The quantitative estimate of drug-likeness (QED) is 0.414. The summed E-state index contributed by atoms with van der Waals surface area (Å²) < 4.78 is 11.6. The number of carbonyl (C=O) groups excluding carboxylic acids is 2. The van der Waals surface area contributed by atoms with E-state index in [1.807, 2.05) is 0 Å². The van der Waals surface area contributed by atoms with Gasteiger partial charge in [-0.05, 0) is 68.6 Å². The molecule has 1 heterocycles. The van der Waals surface area contributed by atoms with Gasteiger partial charge in [0, 0.05) is 18.8 Å². The van der Waals surface area contributed by atoms with Crippen LogP contribution in [0.2, 0.25) is 0 Å². The molecule has 0 aromatic carbocycles. The number of hydrogen-bond acceptors (Lipinski definition) is 4. The third-order valence-electron chi connectivity index (χ3n) is 9.24. The van der Waals surface area contributed by atoms with E-state index in [-0.39, 0.29) is 34.8 Å². The lowest BCUT2D eigenvalue weighted by Crippen LogP contribution is -2.51. The van der Waals surface area contributed by atoms with E-state index < -0.39 is 5.60 Å². The van der Waals surface area contributed by atoms with E-state index in [0.717, 1.165) is 32.1 Å². The average Bonchev–Trinajstić information content (AvgIpc) is 3.28. The van der Waals surface area contributed by atoms with Gasteiger partial charge < -0.3 is 9.47 Å². The maximum Gasteiger partial charge on any atom is 0.302 e. The van der Waals surface area contributed by atoms with Gasteiger partial charge in [-0.2, -0.15) is 0 Å². The Hall–Kier alpha value is -1.16. The predicted molar refractivity (Wildman–Crippen MR) is 101 cm³/mol. The zero-order chi connectivity index (χ0) is 19.2. The molecule has 1 saturated heterocycles. The number of hydrogen-bond donors (Lipinski definition) is 0. The number of Topliss-reactive ketones (excluding diaryl/α,β-unsaturated/α-hetero) is 1. The highest BCUT2D eigenvalue weighted by Gasteiger charge is 2.77. The van der Waals surface area contributed by atoms with Gasteiger partial charge in [0.05, 0.1) is 0 Å². The number of ketones is 1. The third-order valence-corrected chi connectivity index (χ3v) is 9.24. The van der Waals surface area contributed by atoms with Crippen molar-refractivity contribution in [3.8, 4) is 0 Å². The van der Waals surface area contributed by atoms with E-state index in [9.17, 15) is 9.59 Å². The molecule has 4 heteroatoms. The molecule has 0 aromatic heterocycles. The zero-order valence-corrected chi connectivity index (χ0v) is 17.0. The second-order valence-electron chi connectivity index (χ2n) is 10.4. The smallest absolute Gasteiger partial charge is 0.302 e. The van der Waals surface area contributed by atoms with Gasteiger partial charge in [-0.3, -0.25) is 9.59 Å². The second-order valence-corrected chi connectivity index (χ2v) is 10.4. The fourth-order valence-corrected chi connectivity index (χ4v) is 7.76. The van der Waals surface area contributed by atoms with E-state index in [4.69, 9.17) is 9.47 Å². The normalized spacial score (nSPS) is 52.6. The maximum absolute atomic E-state index is 12.3. The number of esters is 1. The zero-order valence-electron chi connectivity index (χ0n) is 17.0. The van der Waals surface area contributed by atoms with E-state index in [1.165, 1.54) is 25.3 Å². The van der Waals surface area contributed by atoms with Crippen LogP contribution < -0.4 is 0 Å². The Morgan fingerprint density at radius 1 is 1.15 bits per heavy atom. The van der Waals surface area contributed by atoms with Crippen LogP contribution in [0.15, 0.2) is 11.6 Å². The summed E-state index contributed by atoms with van der Waals surface area (Å²) in [4.78, 5) is 23.7. The van der Waals surface area contributed by atoms with E-state index >= 15 is 0 Å². The molecule has 0 spiro atoms. The number of carbonyl (C=O) groups is 2. The predicted octanol–water partition coefficient (Wildman–Crippen LogP) is 4.22. The summed E-state index contributed by atoms with van der Waals surface area (Å²) in [7, 11) is 0. The molecule has 0 bridgehead atoms. The van der Waals surface area contributed by atoms with Gasteiger partial charge in [0.2, 0.25) is 0 Å². The van der Waals surface area contributed by atoms with Gasteiger partial charge in [-0.1, -0.05) is 25.5 Å². The molecule has 0 aromatic rings. The van der Waals surface area contributed by atoms with Crippen molar-refractivity contribution in [3.05, 3.63) is 11.6 Å². The minimum atomic E-state index is -0.452. The maximum atomic E-state index is 12.3. The number of rotatable bonds is 2. The highest BCUT2D eigenvalue weighted by atomic mass is 16.6. The van der Waals surface area contributed by atoms with Crippen LogP contribution in [0, 0.1) is 28.6 Å². The number of allylic oxidation sites excluding steroid dienone is 1. The lowest BCUT2D eigenvalue weighted by molar-refractivity contribution is -0.148. The van der Waals surface area contributed by atoms with E-state index in [1.54, 1.807) is 6.92 Å². The minimum Gasteiger partial charge on any atom is -0.462 e. The largest absolute Gasteiger partial charge is 0.462 e. The first kappa shape index (κ1) is 17.9. The van der Waals surface area contributed by atoms with Crippen LogP contribution >= 0.6 is 0 Å². The molecule has 0 radical (unpaired) electrons. The molecule has 4 aliphatic carbocycles. The van der Waals surface area contributed by atoms with Crippen molar-refractivity contribution in [2.75, 3.05) is 0 Å². The Morgan fingerprint density at radius 3 is 2.63 bits per heavy atom. The van der Waals surface area contributed by atoms with Crippen molar-refractivity contribution in [1.29, 1.82) is 0 Å². The first-order valence-corrected chi connectivity index (χ1v) is 10.8. The molecule has 0 amide bonds. The fraction of sp³-hybridized carbons (Fsp3) is 0.826. The molecule has 5 rings (SSSR count). The van der Waals surface area contributed by atoms with E-state index in [0.29, 0.717) is 17.8 Å². The van der Waals surface area contributed by atoms with Crippen LogP contribution in [-0.4, -0.2) is 29.6 Å². The summed E-state index contributed by atoms with van der Waals surface area (Å²) in [6.45, 7) is 8.07.